The van der Waals surface area contributed by atoms with Crippen LogP contribution in [0.4, 0.5) is 10.8 Å². The van der Waals surface area contributed by atoms with Gasteiger partial charge in [0.1, 0.15) is 5.75 Å². The van der Waals surface area contributed by atoms with Crippen LogP contribution >= 0.6 is 11.3 Å². The zero-order chi connectivity index (χ0) is 15.6. The van der Waals surface area contributed by atoms with Crippen LogP contribution in [0.15, 0.2) is 18.2 Å². The second-order valence-electron chi connectivity index (χ2n) is 5.58. The number of aromatic nitrogens is 2. The molecule has 0 aliphatic carbocycles. The third kappa shape index (κ3) is 3.49. The molecule has 7 heteroatoms. The highest BCUT2D eigenvalue weighted by atomic mass is 32.1. The molecular weight excluding hydrogens is 288 g/mol. The molecule has 1 heterocycles. The summed E-state index contributed by atoms with van der Waals surface area (Å²) < 4.78 is 5.30. The third-order valence-corrected chi connectivity index (χ3v) is 3.65. The molecular formula is C14H18N4O2S. The molecule has 0 unspecified atom stereocenters. The van der Waals surface area contributed by atoms with Crippen LogP contribution in [0.25, 0.3) is 10.6 Å². The van der Waals surface area contributed by atoms with E-state index in [1.54, 1.807) is 25.3 Å². The summed E-state index contributed by atoms with van der Waals surface area (Å²) in [6.45, 7) is 5.52. The number of carbonyl (C=O) groups excluding carboxylic acids is 1. The van der Waals surface area contributed by atoms with Crippen LogP contribution in [-0.2, 0) is 4.79 Å². The lowest BCUT2D eigenvalue weighted by Gasteiger charge is -2.15. The summed E-state index contributed by atoms with van der Waals surface area (Å²) in [5.41, 5.74) is 6.68. The van der Waals surface area contributed by atoms with Gasteiger partial charge in [-0.3, -0.25) is 4.79 Å². The van der Waals surface area contributed by atoms with Crippen LogP contribution in [0.2, 0.25) is 0 Å². The molecule has 0 saturated carbocycles. The van der Waals surface area contributed by atoms with Gasteiger partial charge in [0, 0.05) is 11.1 Å². The number of nitrogens with zero attached hydrogens (tertiary/aromatic N) is 2. The van der Waals surface area contributed by atoms with Crippen molar-refractivity contribution in [2.45, 2.75) is 20.8 Å². The van der Waals surface area contributed by atoms with Gasteiger partial charge in [0.25, 0.3) is 0 Å². The Kier molecular flexibility index (Phi) is 4.13. The number of nitrogens with one attached hydrogen (secondary N) is 1. The quantitative estimate of drug-likeness (QED) is 0.851. The zero-order valence-electron chi connectivity index (χ0n) is 12.4. The molecule has 0 bridgehead atoms. The fourth-order valence-corrected chi connectivity index (χ4v) is 2.32. The molecule has 0 aliphatic rings. The van der Waals surface area contributed by atoms with Crippen molar-refractivity contribution < 1.29 is 9.53 Å². The normalized spacial score (nSPS) is 11.2. The molecule has 1 amide bonds. The lowest BCUT2D eigenvalue weighted by molar-refractivity contribution is -0.123. The molecule has 0 atom stereocenters. The van der Waals surface area contributed by atoms with Gasteiger partial charge in [-0.2, -0.15) is 0 Å². The Hall–Kier alpha value is -2.15. The standard InChI is InChI=1S/C14H18N4O2S/c1-14(2,3)12(19)16-13-18-17-11(21-13)9-7-8(15)5-6-10(9)20-4/h5-7H,15H2,1-4H3,(H,16,18,19). The Morgan fingerprint density at radius 3 is 2.67 bits per heavy atom. The lowest BCUT2D eigenvalue weighted by atomic mass is 9.96. The molecule has 1 aromatic heterocycles. The molecule has 21 heavy (non-hydrogen) atoms. The van der Waals surface area contributed by atoms with Crippen molar-refractivity contribution in [3.05, 3.63) is 18.2 Å². The second-order valence-corrected chi connectivity index (χ2v) is 6.55. The van der Waals surface area contributed by atoms with E-state index in [0.29, 0.717) is 21.6 Å². The minimum Gasteiger partial charge on any atom is -0.496 e. The number of hydrogen-bond acceptors (Lipinski definition) is 6. The van der Waals surface area contributed by atoms with Gasteiger partial charge in [-0.05, 0) is 18.2 Å². The number of methoxy groups -OCH3 is 1. The lowest BCUT2D eigenvalue weighted by Crippen LogP contribution is -2.27. The Balaban J connectivity index is 2.28. The third-order valence-electron chi connectivity index (χ3n) is 2.78. The first kappa shape index (κ1) is 15.2. The van der Waals surface area contributed by atoms with Crippen molar-refractivity contribution in [1.82, 2.24) is 10.2 Å². The number of nitrogens with two attached hydrogens (primary N) is 1. The zero-order valence-corrected chi connectivity index (χ0v) is 13.2. The monoisotopic (exact) mass is 306 g/mol. The molecule has 3 N–H and O–H groups in total. The van der Waals surface area contributed by atoms with Gasteiger partial charge < -0.3 is 15.8 Å². The van der Waals surface area contributed by atoms with E-state index in [4.69, 9.17) is 10.5 Å². The Bertz CT molecular complexity index is 661. The number of rotatable bonds is 3. The summed E-state index contributed by atoms with van der Waals surface area (Å²) in [7, 11) is 1.58. The van der Waals surface area contributed by atoms with Crippen LogP contribution in [-0.4, -0.2) is 23.2 Å². The molecule has 0 aliphatic heterocycles. The summed E-state index contributed by atoms with van der Waals surface area (Å²) in [5, 5.41) is 11.9. The first-order chi connectivity index (χ1) is 9.81. The Labute approximate surface area is 127 Å². The number of benzene rings is 1. The van der Waals surface area contributed by atoms with E-state index >= 15 is 0 Å². The van der Waals surface area contributed by atoms with E-state index < -0.39 is 5.41 Å². The van der Waals surface area contributed by atoms with Crippen molar-refractivity contribution in [2.24, 2.45) is 5.41 Å². The van der Waals surface area contributed by atoms with Crippen molar-refractivity contribution in [3.8, 4) is 16.3 Å². The maximum atomic E-state index is 11.9. The second kappa shape index (κ2) is 5.69. The van der Waals surface area contributed by atoms with Crippen LogP contribution in [0.3, 0.4) is 0 Å². The van der Waals surface area contributed by atoms with Crippen LogP contribution < -0.4 is 15.8 Å². The number of amides is 1. The minimum absolute atomic E-state index is 0.107. The Morgan fingerprint density at radius 1 is 1.33 bits per heavy atom. The molecule has 0 fully saturated rings. The molecule has 6 nitrogen and oxygen atoms in total. The van der Waals surface area contributed by atoms with E-state index in [-0.39, 0.29) is 5.91 Å². The van der Waals surface area contributed by atoms with Crippen molar-refractivity contribution in [3.63, 3.8) is 0 Å². The van der Waals surface area contributed by atoms with Gasteiger partial charge in [-0.25, -0.2) is 0 Å². The number of hydrogen-bond donors (Lipinski definition) is 2. The summed E-state index contributed by atoms with van der Waals surface area (Å²) in [6.07, 6.45) is 0. The van der Waals surface area contributed by atoms with Gasteiger partial charge in [-0.15, -0.1) is 10.2 Å². The maximum Gasteiger partial charge on any atom is 0.231 e. The fourth-order valence-electron chi connectivity index (χ4n) is 1.56. The molecule has 0 radical (unpaired) electrons. The average molecular weight is 306 g/mol. The first-order valence-electron chi connectivity index (χ1n) is 6.40. The van der Waals surface area contributed by atoms with Gasteiger partial charge in [0.05, 0.1) is 12.7 Å². The van der Waals surface area contributed by atoms with Crippen LogP contribution in [0.1, 0.15) is 20.8 Å². The maximum absolute atomic E-state index is 11.9. The molecule has 0 saturated heterocycles. The highest BCUT2D eigenvalue weighted by Gasteiger charge is 2.23. The predicted octanol–water partition coefficient (Wildman–Crippen LogP) is 2.78. The molecule has 2 rings (SSSR count). The number of ether oxygens (including phenoxy) is 1. The van der Waals surface area contributed by atoms with Gasteiger partial charge in [-0.1, -0.05) is 32.1 Å². The number of nitrogen functional groups attached to an aromatic ring is 1. The van der Waals surface area contributed by atoms with Crippen molar-refractivity contribution in [1.29, 1.82) is 0 Å². The predicted molar refractivity (Wildman–Crippen MR) is 84.4 cm³/mol. The van der Waals surface area contributed by atoms with E-state index in [1.807, 2.05) is 20.8 Å². The summed E-state index contributed by atoms with van der Waals surface area (Å²) in [5.74, 6) is 0.554. The SMILES string of the molecule is COc1ccc(N)cc1-c1nnc(NC(=O)C(C)(C)C)s1. The first-order valence-corrected chi connectivity index (χ1v) is 7.22. The van der Waals surface area contributed by atoms with E-state index in [9.17, 15) is 4.79 Å². The molecule has 0 spiro atoms. The Morgan fingerprint density at radius 2 is 2.05 bits per heavy atom. The summed E-state index contributed by atoms with van der Waals surface area (Å²) in [6, 6.07) is 5.31. The van der Waals surface area contributed by atoms with Gasteiger partial charge >= 0.3 is 0 Å². The minimum atomic E-state index is -0.485. The largest absolute Gasteiger partial charge is 0.496 e. The summed E-state index contributed by atoms with van der Waals surface area (Å²) in [4.78, 5) is 11.9. The number of carbonyl (C=O) groups is 1. The van der Waals surface area contributed by atoms with Crippen LogP contribution in [0.5, 0.6) is 5.75 Å². The molecule has 1 aromatic carbocycles. The fraction of sp³-hybridized carbons (Fsp3) is 0.357. The van der Waals surface area contributed by atoms with E-state index in [0.717, 1.165) is 5.56 Å². The van der Waals surface area contributed by atoms with Crippen molar-refractivity contribution >= 4 is 28.1 Å². The highest BCUT2D eigenvalue weighted by molar-refractivity contribution is 7.18. The van der Waals surface area contributed by atoms with Gasteiger partial charge in [0.2, 0.25) is 11.0 Å². The molecule has 2 aromatic rings. The topological polar surface area (TPSA) is 90.1 Å². The summed E-state index contributed by atoms with van der Waals surface area (Å²) >= 11 is 1.28. The van der Waals surface area contributed by atoms with Crippen molar-refractivity contribution in [2.75, 3.05) is 18.2 Å². The number of anilines is 2. The van der Waals surface area contributed by atoms with Gasteiger partial charge in [0.15, 0.2) is 5.01 Å². The highest BCUT2D eigenvalue weighted by Crippen LogP contribution is 2.35. The van der Waals surface area contributed by atoms with E-state index in [2.05, 4.69) is 15.5 Å². The molecule has 112 valence electrons. The van der Waals surface area contributed by atoms with Crippen LogP contribution in [0, 0.1) is 5.41 Å². The smallest absolute Gasteiger partial charge is 0.231 e. The van der Waals surface area contributed by atoms with E-state index in [1.165, 1.54) is 11.3 Å². The average Bonchev–Trinajstić information content (AvgIpc) is 2.86.